The van der Waals surface area contributed by atoms with Gasteiger partial charge in [-0.3, -0.25) is 0 Å². The quantitative estimate of drug-likeness (QED) is 0.295. The predicted octanol–water partition coefficient (Wildman–Crippen LogP) is 8.31. The molecule has 0 radical (unpaired) electrons. The molecule has 5 heteroatoms. The number of ether oxygens (including phenoxy) is 2. The maximum absolute atomic E-state index is 10.3. The average molecular weight is 509 g/mol. The Morgan fingerprint density at radius 2 is 1.61 bits per heavy atom. The zero-order valence-corrected chi connectivity index (χ0v) is 23.7. The summed E-state index contributed by atoms with van der Waals surface area (Å²) in [5, 5.41) is 8.44. The molecule has 3 rings (SSSR count). The fourth-order valence-corrected chi connectivity index (χ4v) is 4.82. The lowest BCUT2D eigenvalue weighted by Gasteiger charge is -2.24. The molecule has 0 heterocycles. The van der Waals surface area contributed by atoms with Gasteiger partial charge in [-0.1, -0.05) is 45.0 Å². The number of aliphatic carboxylic acids is 1. The molecule has 36 heavy (non-hydrogen) atoms. The van der Waals surface area contributed by atoms with Crippen LogP contribution in [0.3, 0.4) is 0 Å². The van der Waals surface area contributed by atoms with Gasteiger partial charge < -0.3 is 14.6 Å². The molecule has 0 saturated carbocycles. The summed E-state index contributed by atoms with van der Waals surface area (Å²) in [5.41, 5.74) is 7.84. The van der Waals surface area contributed by atoms with E-state index < -0.39 is 5.97 Å². The summed E-state index contributed by atoms with van der Waals surface area (Å²) in [7, 11) is 1.71. The number of hydrogen-bond acceptors (Lipinski definition) is 4. The van der Waals surface area contributed by atoms with Crippen molar-refractivity contribution >= 4 is 17.7 Å². The van der Waals surface area contributed by atoms with Crippen molar-refractivity contribution in [1.29, 1.82) is 0 Å². The summed E-state index contributed by atoms with van der Waals surface area (Å²) in [6.45, 7) is 13.0. The highest BCUT2D eigenvalue weighted by atomic mass is 32.2. The van der Waals surface area contributed by atoms with Crippen LogP contribution in [-0.4, -0.2) is 31.0 Å². The van der Waals surface area contributed by atoms with Crippen LogP contribution >= 0.6 is 11.8 Å². The van der Waals surface area contributed by atoms with Gasteiger partial charge in [-0.2, -0.15) is 0 Å². The number of hydrogen-bond donors (Lipinski definition) is 1. The predicted molar refractivity (Wildman–Crippen MR) is 152 cm³/mol. The van der Waals surface area contributed by atoms with Crippen molar-refractivity contribution in [2.75, 3.05) is 20.0 Å². The third kappa shape index (κ3) is 8.06. The van der Waals surface area contributed by atoms with Crippen molar-refractivity contribution in [3.63, 3.8) is 0 Å². The zero-order valence-electron chi connectivity index (χ0n) is 22.8. The third-order valence-electron chi connectivity index (χ3n) is 6.51. The monoisotopic (exact) mass is 508 g/mol. The summed E-state index contributed by atoms with van der Waals surface area (Å²) >= 11 is 1.64. The Balaban J connectivity index is 0.000000281. The number of carboxylic acids is 1. The molecule has 0 aromatic heterocycles. The standard InChI is InChI=1S/C21H28O.C10H12O3S/c1-7-20(14(2)3)21-13-18(12-15(4)16(21)5)17-8-10-19(22-6)11-9-17;1-7-5-8(14-2)3-4-9(7)13-6-10(11)12/h8-14,20H,7H2,1-6H3;3-5H,6H2,1-2H3,(H,11,12). The Morgan fingerprint density at radius 3 is 2.11 bits per heavy atom. The van der Waals surface area contributed by atoms with Gasteiger partial charge in [0.1, 0.15) is 11.5 Å². The van der Waals surface area contributed by atoms with Gasteiger partial charge in [-0.15, -0.1) is 11.8 Å². The summed E-state index contributed by atoms with van der Waals surface area (Å²) < 4.78 is 10.3. The first-order valence-electron chi connectivity index (χ1n) is 12.4. The normalized spacial score (nSPS) is 11.5. The molecule has 0 aliphatic heterocycles. The highest BCUT2D eigenvalue weighted by molar-refractivity contribution is 7.98. The van der Waals surface area contributed by atoms with Crippen molar-refractivity contribution in [1.82, 2.24) is 0 Å². The lowest BCUT2D eigenvalue weighted by Crippen LogP contribution is -2.09. The van der Waals surface area contributed by atoms with E-state index in [4.69, 9.17) is 14.6 Å². The zero-order chi connectivity index (χ0) is 26.8. The first-order chi connectivity index (χ1) is 17.1. The van der Waals surface area contributed by atoms with Gasteiger partial charge in [0.2, 0.25) is 0 Å². The molecule has 0 amide bonds. The second-order valence-electron chi connectivity index (χ2n) is 9.31. The summed E-state index contributed by atoms with van der Waals surface area (Å²) in [6.07, 6.45) is 3.18. The van der Waals surface area contributed by atoms with Crippen molar-refractivity contribution in [3.8, 4) is 22.6 Å². The largest absolute Gasteiger partial charge is 0.497 e. The summed E-state index contributed by atoms with van der Waals surface area (Å²) in [5.74, 6) is 1.86. The van der Waals surface area contributed by atoms with E-state index in [0.29, 0.717) is 17.6 Å². The smallest absolute Gasteiger partial charge is 0.341 e. The molecule has 3 aromatic rings. The van der Waals surface area contributed by atoms with Gasteiger partial charge in [0.05, 0.1) is 7.11 Å². The number of carboxylic acid groups (broad SMARTS) is 1. The van der Waals surface area contributed by atoms with Gasteiger partial charge >= 0.3 is 5.97 Å². The number of benzene rings is 3. The molecular weight excluding hydrogens is 468 g/mol. The molecule has 0 aliphatic carbocycles. The van der Waals surface area contributed by atoms with Crippen LogP contribution in [0.4, 0.5) is 0 Å². The van der Waals surface area contributed by atoms with Gasteiger partial charge in [-0.05, 0) is 109 Å². The van der Waals surface area contributed by atoms with Crippen LogP contribution in [0.25, 0.3) is 11.1 Å². The van der Waals surface area contributed by atoms with Crippen LogP contribution in [0.5, 0.6) is 11.5 Å². The number of methoxy groups -OCH3 is 1. The van der Waals surface area contributed by atoms with E-state index in [1.807, 2.05) is 37.4 Å². The molecule has 0 fully saturated rings. The molecule has 0 bridgehead atoms. The molecule has 3 aromatic carbocycles. The van der Waals surface area contributed by atoms with E-state index in [1.165, 1.54) is 34.2 Å². The second-order valence-corrected chi connectivity index (χ2v) is 10.2. The van der Waals surface area contributed by atoms with Crippen molar-refractivity contribution in [2.45, 2.75) is 58.8 Å². The lowest BCUT2D eigenvalue weighted by atomic mass is 9.81. The molecule has 1 N–H and O–H groups in total. The van der Waals surface area contributed by atoms with Crippen molar-refractivity contribution in [2.24, 2.45) is 5.92 Å². The summed E-state index contributed by atoms with van der Waals surface area (Å²) in [6, 6.07) is 18.7. The van der Waals surface area contributed by atoms with E-state index in [2.05, 4.69) is 58.9 Å². The highest BCUT2D eigenvalue weighted by Crippen LogP contribution is 2.35. The maximum Gasteiger partial charge on any atom is 0.341 e. The minimum atomic E-state index is -0.960. The number of rotatable bonds is 9. The molecule has 4 nitrogen and oxygen atoms in total. The van der Waals surface area contributed by atoms with E-state index >= 15 is 0 Å². The molecule has 0 aliphatic rings. The lowest BCUT2D eigenvalue weighted by molar-refractivity contribution is -0.139. The Kier molecular flexibility index (Phi) is 11.4. The highest BCUT2D eigenvalue weighted by Gasteiger charge is 2.18. The van der Waals surface area contributed by atoms with Crippen molar-refractivity contribution in [3.05, 3.63) is 76.9 Å². The molecule has 0 saturated heterocycles. The SMILES string of the molecule is CCC(c1cc(-c2ccc(OC)cc2)cc(C)c1C)C(C)C.CSc1ccc(OCC(=O)O)c(C)c1. The maximum atomic E-state index is 10.3. The van der Waals surface area contributed by atoms with Crippen LogP contribution in [-0.2, 0) is 4.79 Å². The molecule has 1 unspecified atom stereocenters. The fourth-order valence-electron chi connectivity index (χ4n) is 4.32. The number of thioether (sulfide) groups is 1. The molecule has 194 valence electrons. The Bertz CT molecular complexity index is 1140. The Hall–Kier alpha value is -2.92. The molecule has 0 spiro atoms. The Morgan fingerprint density at radius 1 is 0.944 bits per heavy atom. The van der Waals surface area contributed by atoms with E-state index in [0.717, 1.165) is 16.2 Å². The molecular formula is C31H40O4S. The summed E-state index contributed by atoms with van der Waals surface area (Å²) in [4.78, 5) is 11.4. The van der Waals surface area contributed by atoms with E-state index in [1.54, 1.807) is 24.9 Å². The Labute approximate surface area is 221 Å². The van der Waals surface area contributed by atoms with Crippen LogP contribution in [0.1, 0.15) is 55.4 Å². The first-order valence-corrected chi connectivity index (χ1v) is 13.6. The van der Waals surface area contributed by atoms with Gasteiger partial charge in [0, 0.05) is 4.90 Å². The van der Waals surface area contributed by atoms with Gasteiger partial charge in [-0.25, -0.2) is 4.79 Å². The minimum Gasteiger partial charge on any atom is -0.497 e. The van der Waals surface area contributed by atoms with Crippen LogP contribution in [0.15, 0.2) is 59.5 Å². The third-order valence-corrected chi connectivity index (χ3v) is 7.23. The number of aryl methyl sites for hydroxylation is 2. The number of carbonyl (C=O) groups is 1. The van der Waals surface area contributed by atoms with Crippen molar-refractivity contribution < 1.29 is 19.4 Å². The van der Waals surface area contributed by atoms with Crippen LogP contribution < -0.4 is 9.47 Å². The first kappa shape index (κ1) is 29.3. The van der Waals surface area contributed by atoms with E-state index in [-0.39, 0.29) is 6.61 Å². The van der Waals surface area contributed by atoms with Crippen LogP contribution in [0, 0.1) is 26.7 Å². The van der Waals surface area contributed by atoms with E-state index in [9.17, 15) is 4.79 Å². The van der Waals surface area contributed by atoms with Gasteiger partial charge in [0.25, 0.3) is 0 Å². The van der Waals surface area contributed by atoms with Gasteiger partial charge in [0.15, 0.2) is 6.61 Å². The average Bonchev–Trinajstić information content (AvgIpc) is 2.86. The second kappa shape index (κ2) is 14.0. The van der Waals surface area contributed by atoms with Crippen LogP contribution in [0.2, 0.25) is 0 Å². The fraction of sp³-hybridized carbons (Fsp3) is 0.387. The topological polar surface area (TPSA) is 55.8 Å². The minimum absolute atomic E-state index is 0.292. The molecule has 1 atom stereocenters.